The number of rotatable bonds is 5. The van der Waals surface area contributed by atoms with Crippen molar-refractivity contribution >= 4 is 17.7 Å². The van der Waals surface area contributed by atoms with Gasteiger partial charge < -0.3 is 9.47 Å². The van der Waals surface area contributed by atoms with Gasteiger partial charge in [-0.3, -0.25) is 5.32 Å². The van der Waals surface area contributed by atoms with Gasteiger partial charge >= 0.3 is 12.1 Å². The van der Waals surface area contributed by atoms with Gasteiger partial charge in [0.25, 0.3) is 0 Å². The second-order valence-corrected chi connectivity index (χ2v) is 3.56. The Morgan fingerprint density at radius 3 is 2.67 bits per heavy atom. The minimum absolute atomic E-state index is 0.296. The van der Waals surface area contributed by atoms with E-state index in [1.54, 1.807) is 31.2 Å². The molecule has 18 heavy (non-hydrogen) atoms. The SMILES string of the molecule is CCCOC(=O)c1cccc(NC(=O)OCC)c1. The highest BCUT2D eigenvalue weighted by Crippen LogP contribution is 2.12. The van der Waals surface area contributed by atoms with Crippen LogP contribution in [-0.4, -0.2) is 25.3 Å². The second kappa shape index (κ2) is 7.32. The van der Waals surface area contributed by atoms with E-state index in [0.717, 1.165) is 6.42 Å². The molecule has 0 bridgehead atoms. The molecule has 1 N–H and O–H groups in total. The molecule has 0 radical (unpaired) electrons. The summed E-state index contributed by atoms with van der Waals surface area (Å²) in [5.41, 5.74) is 0.900. The van der Waals surface area contributed by atoms with Crippen molar-refractivity contribution in [1.82, 2.24) is 0 Å². The van der Waals surface area contributed by atoms with E-state index < -0.39 is 12.1 Å². The summed E-state index contributed by atoms with van der Waals surface area (Å²) in [6.07, 6.45) is 0.226. The third kappa shape index (κ3) is 4.45. The molecule has 0 fully saturated rings. The molecule has 0 aliphatic carbocycles. The van der Waals surface area contributed by atoms with Gasteiger partial charge in [0, 0.05) is 5.69 Å². The van der Waals surface area contributed by atoms with Crippen LogP contribution in [0.25, 0.3) is 0 Å². The smallest absolute Gasteiger partial charge is 0.411 e. The first-order chi connectivity index (χ1) is 8.67. The number of hydrogen-bond donors (Lipinski definition) is 1. The molecule has 0 aliphatic heterocycles. The number of carbonyl (C=O) groups is 2. The van der Waals surface area contributed by atoms with E-state index in [1.165, 1.54) is 0 Å². The molecule has 0 heterocycles. The molecule has 1 aromatic carbocycles. The van der Waals surface area contributed by atoms with Gasteiger partial charge in [0.05, 0.1) is 18.8 Å². The van der Waals surface area contributed by atoms with Crippen LogP contribution >= 0.6 is 0 Å². The lowest BCUT2D eigenvalue weighted by molar-refractivity contribution is 0.0505. The molecule has 98 valence electrons. The number of carbonyl (C=O) groups excluding carboxylic acids is 2. The van der Waals surface area contributed by atoms with Gasteiger partial charge in [0.2, 0.25) is 0 Å². The van der Waals surface area contributed by atoms with Gasteiger partial charge in [-0.25, -0.2) is 9.59 Å². The van der Waals surface area contributed by atoms with Crippen molar-refractivity contribution in [3.8, 4) is 0 Å². The fourth-order valence-electron chi connectivity index (χ4n) is 1.29. The fourth-order valence-corrected chi connectivity index (χ4v) is 1.29. The van der Waals surface area contributed by atoms with Crippen LogP contribution < -0.4 is 5.32 Å². The summed E-state index contributed by atoms with van der Waals surface area (Å²) in [6, 6.07) is 6.53. The van der Waals surface area contributed by atoms with Gasteiger partial charge in [0.15, 0.2) is 0 Å². The number of anilines is 1. The molecule has 0 unspecified atom stereocenters. The van der Waals surface area contributed by atoms with Crippen molar-refractivity contribution in [3.05, 3.63) is 29.8 Å². The number of benzene rings is 1. The maximum Gasteiger partial charge on any atom is 0.411 e. The third-order valence-electron chi connectivity index (χ3n) is 2.06. The lowest BCUT2D eigenvalue weighted by Gasteiger charge is -2.07. The predicted molar refractivity (Wildman–Crippen MR) is 67.7 cm³/mol. The van der Waals surface area contributed by atoms with E-state index in [-0.39, 0.29) is 0 Å². The molecule has 0 saturated carbocycles. The first-order valence-electron chi connectivity index (χ1n) is 5.88. The quantitative estimate of drug-likeness (QED) is 0.817. The summed E-state index contributed by atoms with van der Waals surface area (Å²) in [5.74, 6) is -0.399. The summed E-state index contributed by atoms with van der Waals surface area (Å²) in [6.45, 7) is 4.32. The number of hydrogen-bond acceptors (Lipinski definition) is 4. The summed E-state index contributed by atoms with van der Waals surface area (Å²) >= 11 is 0. The van der Waals surface area contributed by atoms with Crippen LogP contribution in [-0.2, 0) is 9.47 Å². The average molecular weight is 251 g/mol. The van der Waals surface area contributed by atoms with Crippen molar-refractivity contribution in [1.29, 1.82) is 0 Å². The van der Waals surface area contributed by atoms with E-state index >= 15 is 0 Å². The van der Waals surface area contributed by atoms with E-state index in [9.17, 15) is 9.59 Å². The Hall–Kier alpha value is -2.04. The van der Waals surface area contributed by atoms with E-state index in [0.29, 0.717) is 24.5 Å². The standard InChI is InChI=1S/C13H17NO4/c1-3-8-18-12(15)10-6-5-7-11(9-10)14-13(16)17-4-2/h5-7,9H,3-4,8H2,1-2H3,(H,14,16). The Morgan fingerprint density at radius 1 is 1.22 bits per heavy atom. The van der Waals surface area contributed by atoms with Gasteiger partial charge in [-0.15, -0.1) is 0 Å². The van der Waals surface area contributed by atoms with Crippen molar-refractivity contribution in [2.75, 3.05) is 18.5 Å². The van der Waals surface area contributed by atoms with Crippen LogP contribution in [0.5, 0.6) is 0 Å². The molecule has 0 spiro atoms. The van der Waals surface area contributed by atoms with Crippen LogP contribution in [0.4, 0.5) is 10.5 Å². The van der Waals surface area contributed by atoms with Crippen molar-refractivity contribution in [2.45, 2.75) is 20.3 Å². The van der Waals surface area contributed by atoms with E-state index in [1.807, 2.05) is 6.92 Å². The molecular formula is C13H17NO4. The Morgan fingerprint density at radius 2 is 2.00 bits per heavy atom. The minimum atomic E-state index is -0.545. The van der Waals surface area contributed by atoms with Gasteiger partial charge in [-0.1, -0.05) is 13.0 Å². The van der Waals surface area contributed by atoms with Crippen LogP contribution in [0.3, 0.4) is 0 Å². The number of ether oxygens (including phenoxy) is 2. The molecule has 0 aromatic heterocycles. The monoisotopic (exact) mass is 251 g/mol. The number of esters is 1. The fraction of sp³-hybridized carbons (Fsp3) is 0.385. The van der Waals surface area contributed by atoms with Crippen LogP contribution in [0.15, 0.2) is 24.3 Å². The predicted octanol–water partition coefficient (Wildman–Crippen LogP) is 2.82. The maximum atomic E-state index is 11.6. The average Bonchev–Trinajstić information content (AvgIpc) is 2.36. The number of nitrogens with one attached hydrogen (secondary N) is 1. The maximum absolute atomic E-state index is 11.6. The molecule has 0 atom stereocenters. The Labute approximate surface area is 106 Å². The van der Waals surface area contributed by atoms with Crippen LogP contribution in [0, 0.1) is 0 Å². The minimum Gasteiger partial charge on any atom is -0.462 e. The third-order valence-corrected chi connectivity index (χ3v) is 2.06. The Kier molecular flexibility index (Phi) is 5.70. The summed E-state index contributed by atoms with van der Waals surface area (Å²) in [7, 11) is 0. The van der Waals surface area contributed by atoms with Crippen molar-refractivity contribution < 1.29 is 19.1 Å². The molecule has 5 nitrogen and oxygen atoms in total. The molecule has 1 rings (SSSR count). The topological polar surface area (TPSA) is 64.6 Å². The van der Waals surface area contributed by atoms with Gasteiger partial charge in [0.1, 0.15) is 0 Å². The van der Waals surface area contributed by atoms with E-state index in [4.69, 9.17) is 9.47 Å². The van der Waals surface area contributed by atoms with Crippen molar-refractivity contribution in [2.24, 2.45) is 0 Å². The zero-order valence-corrected chi connectivity index (χ0v) is 10.6. The molecule has 1 amide bonds. The highest BCUT2D eigenvalue weighted by molar-refractivity contribution is 5.92. The second-order valence-electron chi connectivity index (χ2n) is 3.56. The molecule has 5 heteroatoms. The zero-order chi connectivity index (χ0) is 13.4. The molecular weight excluding hydrogens is 234 g/mol. The molecule has 0 saturated heterocycles. The van der Waals surface area contributed by atoms with Gasteiger partial charge in [-0.05, 0) is 31.5 Å². The largest absolute Gasteiger partial charge is 0.462 e. The normalized spacial score (nSPS) is 9.67. The van der Waals surface area contributed by atoms with E-state index in [2.05, 4.69) is 5.32 Å². The van der Waals surface area contributed by atoms with Crippen LogP contribution in [0.2, 0.25) is 0 Å². The Bertz CT molecular complexity index is 417. The first-order valence-corrected chi connectivity index (χ1v) is 5.88. The van der Waals surface area contributed by atoms with Crippen LogP contribution in [0.1, 0.15) is 30.6 Å². The lowest BCUT2D eigenvalue weighted by Crippen LogP contribution is -2.14. The molecule has 0 aliphatic rings. The van der Waals surface area contributed by atoms with Crippen molar-refractivity contribution in [3.63, 3.8) is 0 Å². The summed E-state index contributed by atoms with van der Waals surface area (Å²) < 4.78 is 9.75. The first kappa shape index (κ1) is 14.0. The highest BCUT2D eigenvalue weighted by Gasteiger charge is 2.08. The zero-order valence-electron chi connectivity index (χ0n) is 10.6. The molecule has 1 aromatic rings. The Balaban J connectivity index is 2.67. The highest BCUT2D eigenvalue weighted by atomic mass is 16.5. The van der Waals surface area contributed by atoms with Gasteiger partial charge in [-0.2, -0.15) is 0 Å². The summed E-state index contributed by atoms with van der Waals surface area (Å²) in [4.78, 5) is 22.8. The lowest BCUT2D eigenvalue weighted by atomic mass is 10.2. The summed E-state index contributed by atoms with van der Waals surface area (Å²) in [5, 5.41) is 2.53. The number of amides is 1.